The fourth-order valence-corrected chi connectivity index (χ4v) is 6.97. The molecule has 5 nitrogen and oxygen atoms in total. The second kappa shape index (κ2) is 9.05. The molecule has 0 N–H and O–H groups in total. The van der Waals surface area contributed by atoms with Crippen LogP contribution < -0.4 is 5.56 Å². The SMILES string of the molecule is CCOC(=O)CSc1nc2c(c(=O)n1C1CCCC1)C1(CCCCC1)Cc1ccccc1-2. The van der Waals surface area contributed by atoms with Crippen LogP contribution in [0.1, 0.15) is 81.9 Å². The molecule has 0 bridgehead atoms. The van der Waals surface area contributed by atoms with Gasteiger partial charge in [0.25, 0.3) is 5.56 Å². The summed E-state index contributed by atoms with van der Waals surface area (Å²) in [5.41, 5.74) is 4.24. The van der Waals surface area contributed by atoms with Gasteiger partial charge >= 0.3 is 5.97 Å². The molecule has 2 fully saturated rings. The zero-order chi connectivity index (χ0) is 22.1. The summed E-state index contributed by atoms with van der Waals surface area (Å²) in [6, 6.07) is 8.62. The van der Waals surface area contributed by atoms with Crippen molar-refractivity contribution in [1.82, 2.24) is 9.55 Å². The summed E-state index contributed by atoms with van der Waals surface area (Å²) < 4.78 is 7.10. The monoisotopic (exact) mass is 452 g/mol. The largest absolute Gasteiger partial charge is 0.465 e. The molecule has 1 aromatic heterocycles. The van der Waals surface area contributed by atoms with Gasteiger partial charge in [0.2, 0.25) is 0 Å². The van der Waals surface area contributed by atoms with Crippen molar-refractivity contribution in [3.63, 3.8) is 0 Å². The molecule has 0 radical (unpaired) electrons. The molecular weight excluding hydrogens is 420 g/mol. The van der Waals surface area contributed by atoms with Gasteiger partial charge in [0.15, 0.2) is 5.16 Å². The van der Waals surface area contributed by atoms with Crippen molar-refractivity contribution < 1.29 is 9.53 Å². The first-order valence-corrected chi connectivity index (χ1v) is 13.2. The Balaban J connectivity index is 1.69. The number of fused-ring (bicyclic) bond motifs is 4. The number of esters is 1. The van der Waals surface area contributed by atoms with Crippen LogP contribution >= 0.6 is 11.8 Å². The van der Waals surface area contributed by atoms with E-state index in [2.05, 4.69) is 18.2 Å². The van der Waals surface area contributed by atoms with Gasteiger partial charge in [-0.15, -0.1) is 0 Å². The van der Waals surface area contributed by atoms with Gasteiger partial charge in [-0.05, 0) is 44.6 Å². The molecule has 1 spiro atoms. The maximum Gasteiger partial charge on any atom is 0.316 e. The third-order valence-corrected chi connectivity index (χ3v) is 8.47. The van der Waals surface area contributed by atoms with Gasteiger partial charge in [0, 0.05) is 17.0 Å². The quantitative estimate of drug-likeness (QED) is 0.343. The summed E-state index contributed by atoms with van der Waals surface area (Å²) >= 11 is 1.36. The average Bonchev–Trinajstić information content (AvgIpc) is 3.32. The predicted molar refractivity (Wildman–Crippen MR) is 127 cm³/mol. The van der Waals surface area contributed by atoms with Gasteiger partial charge in [-0.2, -0.15) is 0 Å². The van der Waals surface area contributed by atoms with Crippen molar-refractivity contribution in [3.05, 3.63) is 45.7 Å². The van der Waals surface area contributed by atoms with E-state index in [1.165, 1.54) is 36.6 Å². The molecular formula is C26H32N2O3S. The third kappa shape index (κ3) is 3.81. The molecule has 1 heterocycles. The van der Waals surface area contributed by atoms with Crippen LogP contribution in [-0.2, 0) is 21.4 Å². The lowest BCUT2D eigenvalue weighted by Gasteiger charge is -2.42. The summed E-state index contributed by atoms with van der Waals surface area (Å²) in [7, 11) is 0. The van der Waals surface area contributed by atoms with Crippen molar-refractivity contribution in [2.75, 3.05) is 12.4 Å². The highest BCUT2D eigenvalue weighted by molar-refractivity contribution is 7.99. The van der Waals surface area contributed by atoms with Gasteiger partial charge in [0.1, 0.15) is 0 Å². The van der Waals surface area contributed by atoms with Crippen LogP contribution in [0.2, 0.25) is 0 Å². The number of hydrogen-bond acceptors (Lipinski definition) is 5. The summed E-state index contributed by atoms with van der Waals surface area (Å²) in [6.07, 6.45) is 11.0. The van der Waals surface area contributed by atoms with Crippen molar-refractivity contribution in [2.45, 2.75) is 87.7 Å². The number of hydrogen-bond donors (Lipinski definition) is 0. The zero-order valence-corrected chi connectivity index (χ0v) is 19.7. The number of aromatic nitrogens is 2. The van der Waals surface area contributed by atoms with Gasteiger partial charge in [-0.1, -0.05) is 68.1 Å². The first-order valence-electron chi connectivity index (χ1n) is 12.2. The van der Waals surface area contributed by atoms with Crippen LogP contribution in [0.5, 0.6) is 0 Å². The Morgan fingerprint density at radius 3 is 2.66 bits per heavy atom. The first kappa shape index (κ1) is 21.7. The second-order valence-electron chi connectivity index (χ2n) is 9.50. The highest BCUT2D eigenvalue weighted by Gasteiger charge is 2.44. The van der Waals surface area contributed by atoms with Crippen LogP contribution in [0.4, 0.5) is 0 Å². The van der Waals surface area contributed by atoms with E-state index in [0.29, 0.717) is 11.8 Å². The Morgan fingerprint density at radius 1 is 1.16 bits per heavy atom. The van der Waals surface area contributed by atoms with E-state index in [9.17, 15) is 9.59 Å². The van der Waals surface area contributed by atoms with Crippen LogP contribution in [0, 0.1) is 0 Å². The number of carbonyl (C=O) groups excluding carboxylic acids is 1. The summed E-state index contributed by atoms with van der Waals surface area (Å²) in [4.78, 5) is 31.5. The predicted octanol–water partition coefficient (Wildman–Crippen LogP) is 5.44. The molecule has 3 aliphatic rings. The topological polar surface area (TPSA) is 61.2 Å². The van der Waals surface area contributed by atoms with E-state index in [4.69, 9.17) is 9.72 Å². The summed E-state index contributed by atoms with van der Waals surface area (Å²) in [5, 5.41) is 0.677. The number of thioether (sulfide) groups is 1. The van der Waals surface area contributed by atoms with Crippen LogP contribution in [0.15, 0.2) is 34.2 Å². The highest BCUT2D eigenvalue weighted by Crippen LogP contribution is 2.49. The minimum Gasteiger partial charge on any atom is -0.465 e. The minimum atomic E-state index is -0.258. The van der Waals surface area contributed by atoms with E-state index >= 15 is 0 Å². The normalized spacial score (nSPS) is 19.5. The molecule has 0 unspecified atom stereocenters. The molecule has 2 aromatic rings. The first-order chi connectivity index (χ1) is 15.6. The lowest BCUT2D eigenvalue weighted by Crippen LogP contribution is -2.43. The maximum absolute atomic E-state index is 14.3. The Labute approximate surface area is 194 Å². The molecule has 6 heteroatoms. The molecule has 1 aromatic carbocycles. The van der Waals surface area contributed by atoms with Gasteiger partial charge in [-0.25, -0.2) is 4.98 Å². The molecule has 0 saturated heterocycles. The van der Waals surface area contributed by atoms with Gasteiger partial charge in [-0.3, -0.25) is 14.2 Å². The Kier molecular flexibility index (Phi) is 6.15. The second-order valence-corrected chi connectivity index (χ2v) is 10.4. The number of rotatable bonds is 5. The molecule has 0 atom stereocenters. The summed E-state index contributed by atoms with van der Waals surface area (Å²) in [5.74, 6) is -0.0786. The molecule has 0 amide bonds. The fourth-order valence-electron chi connectivity index (χ4n) is 6.11. The van der Waals surface area contributed by atoms with E-state index in [0.717, 1.165) is 61.8 Å². The molecule has 3 aliphatic carbocycles. The lowest BCUT2D eigenvalue weighted by atomic mass is 9.62. The molecule has 2 saturated carbocycles. The molecule has 32 heavy (non-hydrogen) atoms. The number of nitrogens with zero attached hydrogens (tertiary/aromatic N) is 2. The number of carbonyl (C=O) groups is 1. The Morgan fingerprint density at radius 2 is 1.91 bits per heavy atom. The zero-order valence-electron chi connectivity index (χ0n) is 18.9. The Hall–Kier alpha value is -2.08. The van der Waals surface area contributed by atoms with Crippen LogP contribution in [-0.4, -0.2) is 27.9 Å². The van der Waals surface area contributed by atoms with Gasteiger partial charge < -0.3 is 4.74 Å². The van der Waals surface area contributed by atoms with E-state index < -0.39 is 0 Å². The van der Waals surface area contributed by atoms with E-state index in [1.54, 1.807) is 0 Å². The third-order valence-electron chi connectivity index (χ3n) is 7.54. The van der Waals surface area contributed by atoms with E-state index in [-0.39, 0.29) is 28.7 Å². The molecule has 0 aliphatic heterocycles. The molecule has 170 valence electrons. The minimum absolute atomic E-state index is 0.100. The standard InChI is InChI=1S/C26H32N2O3S/c1-2-31-21(29)17-32-25-27-23-20-13-7-4-10-18(20)16-26(14-8-3-9-15-26)22(23)24(30)28(25)19-11-5-6-12-19/h4,7,10,13,19H,2-3,5-6,8-9,11-12,14-17H2,1H3. The van der Waals surface area contributed by atoms with E-state index in [1.807, 2.05) is 17.6 Å². The van der Waals surface area contributed by atoms with Crippen LogP contribution in [0.25, 0.3) is 11.3 Å². The van der Waals surface area contributed by atoms with Crippen LogP contribution in [0.3, 0.4) is 0 Å². The fraction of sp³-hybridized carbons (Fsp3) is 0.577. The highest BCUT2D eigenvalue weighted by atomic mass is 32.2. The molecule has 5 rings (SSSR count). The smallest absolute Gasteiger partial charge is 0.316 e. The van der Waals surface area contributed by atoms with Crippen molar-refractivity contribution >= 4 is 17.7 Å². The van der Waals surface area contributed by atoms with Crippen molar-refractivity contribution in [3.8, 4) is 11.3 Å². The lowest BCUT2D eigenvalue weighted by molar-refractivity contribution is -0.139. The summed E-state index contributed by atoms with van der Waals surface area (Å²) in [6.45, 7) is 2.18. The van der Waals surface area contributed by atoms with Crippen molar-refractivity contribution in [1.29, 1.82) is 0 Å². The average molecular weight is 453 g/mol. The van der Waals surface area contributed by atoms with Gasteiger partial charge in [0.05, 0.1) is 23.6 Å². The van der Waals surface area contributed by atoms with Crippen molar-refractivity contribution in [2.24, 2.45) is 0 Å². The Bertz CT molecular complexity index is 1070. The maximum atomic E-state index is 14.3. The number of ether oxygens (including phenoxy) is 1. The number of benzene rings is 1.